The van der Waals surface area contributed by atoms with Crippen molar-refractivity contribution in [1.29, 1.82) is 0 Å². The number of imidazole rings is 1. The van der Waals surface area contributed by atoms with Gasteiger partial charge in [0.2, 0.25) is 5.95 Å². The van der Waals surface area contributed by atoms with E-state index in [2.05, 4.69) is 31.1 Å². The summed E-state index contributed by atoms with van der Waals surface area (Å²) < 4.78 is 4.06. The van der Waals surface area contributed by atoms with Gasteiger partial charge in [0.25, 0.3) is 0 Å². The molecule has 0 amide bonds. The van der Waals surface area contributed by atoms with Crippen molar-refractivity contribution in [1.82, 2.24) is 24.1 Å². The molecule has 2 N–H and O–H groups in total. The lowest BCUT2D eigenvalue weighted by atomic mass is 10.2. The SMILES string of the molecule is OCC1CCCN1c1nc(Nc2cn(C3CCCC3)cn2)c2cccn2n1. The Hall–Kier alpha value is -2.61. The number of hydrogen-bond donors (Lipinski definition) is 2. The zero-order valence-corrected chi connectivity index (χ0v) is 15.3. The molecule has 1 atom stereocenters. The lowest BCUT2D eigenvalue weighted by molar-refractivity contribution is 0.265. The zero-order valence-electron chi connectivity index (χ0n) is 15.3. The van der Waals surface area contributed by atoms with Crippen LogP contribution in [-0.2, 0) is 0 Å². The molecule has 8 nitrogen and oxygen atoms in total. The van der Waals surface area contributed by atoms with Crippen molar-refractivity contribution in [3.8, 4) is 0 Å². The molecule has 3 aromatic rings. The highest BCUT2D eigenvalue weighted by Crippen LogP contribution is 2.31. The van der Waals surface area contributed by atoms with Gasteiger partial charge >= 0.3 is 0 Å². The van der Waals surface area contributed by atoms with Gasteiger partial charge in [-0.25, -0.2) is 9.50 Å². The normalized spacial score (nSPS) is 20.8. The summed E-state index contributed by atoms with van der Waals surface area (Å²) in [5.74, 6) is 2.19. The first-order valence-corrected chi connectivity index (χ1v) is 9.85. The van der Waals surface area contributed by atoms with E-state index in [1.54, 1.807) is 0 Å². The van der Waals surface area contributed by atoms with Crippen LogP contribution in [0.2, 0.25) is 0 Å². The van der Waals surface area contributed by atoms with Crippen LogP contribution in [0.4, 0.5) is 17.6 Å². The molecular formula is C19H25N7O. The number of nitrogens with zero attached hydrogens (tertiary/aromatic N) is 6. The Balaban J connectivity index is 1.46. The van der Waals surface area contributed by atoms with E-state index in [1.807, 2.05) is 29.2 Å². The summed E-state index contributed by atoms with van der Waals surface area (Å²) in [5.41, 5.74) is 0.911. The van der Waals surface area contributed by atoms with Crippen LogP contribution in [0.15, 0.2) is 30.9 Å². The van der Waals surface area contributed by atoms with E-state index in [9.17, 15) is 5.11 Å². The summed E-state index contributed by atoms with van der Waals surface area (Å²) in [4.78, 5) is 11.4. The number of nitrogens with one attached hydrogen (secondary N) is 1. The molecule has 2 fully saturated rings. The van der Waals surface area contributed by atoms with E-state index >= 15 is 0 Å². The first kappa shape index (κ1) is 16.6. The lowest BCUT2D eigenvalue weighted by Gasteiger charge is -2.23. The fraction of sp³-hybridized carbons (Fsp3) is 0.526. The van der Waals surface area contributed by atoms with Crippen molar-refractivity contribution in [2.45, 2.75) is 50.6 Å². The standard InChI is InChI=1S/C19H25N7O/c27-12-15-7-3-9-25(15)19-22-18(16-8-4-10-26(16)23-19)21-17-11-24(13-20-17)14-5-1-2-6-14/h4,8,10-11,13-15,27H,1-3,5-7,9,12H2,(H,21,22,23). The predicted octanol–water partition coefficient (Wildman–Crippen LogP) is 2.75. The Morgan fingerprint density at radius 3 is 2.93 bits per heavy atom. The second-order valence-electron chi connectivity index (χ2n) is 7.54. The minimum atomic E-state index is 0.0902. The molecular weight excluding hydrogens is 342 g/mol. The molecule has 1 unspecified atom stereocenters. The number of hydrogen-bond acceptors (Lipinski definition) is 6. The van der Waals surface area contributed by atoms with E-state index in [0.717, 1.165) is 36.5 Å². The quantitative estimate of drug-likeness (QED) is 0.721. The Labute approximate surface area is 157 Å². The summed E-state index contributed by atoms with van der Waals surface area (Å²) in [5, 5.41) is 17.7. The van der Waals surface area contributed by atoms with Gasteiger partial charge < -0.3 is 19.9 Å². The Bertz CT molecular complexity index is 927. The van der Waals surface area contributed by atoms with Crippen molar-refractivity contribution >= 4 is 23.1 Å². The van der Waals surface area contributed by atoms with Crippen molar-refractivity contribution in [2.24, 2.45) is 0 Å². The smallest absolute Gasteiger partial charge is 0.245 e. The third kappa shape index (κ3) is 3.03. The Morgan fingerprint density at radius 1 is 1.19 bits per heavy atom. The average Bonchev–Trinajstić information content (AvgIpc) is 3.47. The van der Waals surface area contributed by atoms with Gasteiger partial charge in [0.15, 0.2) is 5.82 Å². The summed E-state index contributed by atoms with van der Waals surface area (Å²) in [7, 11) is 0. The highest BCUT2D eigenvalue weighted by atomic mass is 16.3. The number of rotatable bonds is 5. The van der Waals surface area contributed by atoms with Gasteiger partial charge in [-0.2, -0.15) is 4.98 Å². The van der Waals surface area contributed by atoms with E-state index in [-0.39, 0.29) is 12.6 Å². The third-order valence-corrected chi connectivity index (χ3v) is 5.82. The fourth-order valence-electron chi connectivity index (χ4n) is 4.35. The molecule has 0 radical (unpaired) electrons. The van der Waals surface area contributed by atoms with E-state index < -0.39 is 0 Å². The largest absolute Gasteiger partial charge is 0.394 e. The molecule has 0 spiro atoms. The zero-order chi connectivity index (χ0) is 18.2. The van der Waals surface area contributed by atoms with Crippen LogP contribution in [0.1, 0.15) is 44.6 Å². The first-order valence-electron chi connectivity index (χ1n) is 9.85. The maximum absolute atomic E-state index is 9.65. The van der Waals surface area contributed by atoms with Crippen LogP contribution >= 0.6 is 0 Å². The second-order valence-corrected chi connectivity index (χ2v) is 7.54. The van der Waals surface area contributed by atoms with E-state index in [4.69, 9.17) is 4.98 Å². The maximum atomic E-state index is 9.65. The molecule has 0 bridgehead atoms. The molecule has 0 aromatic carbocycles. The molecule has 27 heavy (non-hydrogen) atoms. The first-order chi connectivity index (χ1) is 13.3. The molecule has 142 valence electrons. The molecule has 2 aliphatic rings. The van der Waals surface area contributed by atoms with Gasteiger partial charge in [-0.3, -0.25) is 0 Å². The summed E-state index contributed by atoms with van der Waals surface area (Å²) in [6.07, 6.45) is 13.0. The van der Waals surface area contributed by atoms with Crippen LogP contribution < -0.4 is 10.2 Å². The molecule has 5 rings (SSSR count). The Kier molecular flexibility index (Phi) is 4.20. The van der Waals surface area contributed by atoms with Gasteiger partial charge in [0.1, 0.15) is 11.3 Å². The van der Waals surface area contributed by atoms with Crippen LogP contribution in [0.3, 0.4) is 0 Å². The van der Waals surface area contributed by atoms with Gasteiger partial charge in [0, 0.05) is 25.0 Å². The summed E-state index contributed by atoms with van der Waals surface area (Å²) >= 11 is 0. The van der Waals surface area contributed by atoms with Gasteiger partial charge in [-0.05, 0) is 37.8 Å². The lowest BCUT2D eigenvalue weighted by Crippen LogP contribution is -2.34. The molecule has 1 aliphatic carbocycles. The molecule has 3 aromatic heterocycles. The van der Waals surface area contributed by atoms with Crippen molar-refractivity contribution in [3.63, 3.8) is 0 Å². The highest BCUT2D eigenvalue weighted by molar-refractivity contribution is 5.73. The van der Waals surface area contributed by atoms with Crippen LogP contribution in [0.5, 0.6) is 0 Å². The maximum Gasteiger partial charge on any atom is 0.245 e. The van der Waals surface area contributed by atoms with Crippen molar-refractivity contribution in [3.05, 3.63) is 30.9 Å². The number of anilines is 3. The van der Waals surface area contributed by atoms with E-state index in [1.165, 1.54) is 25.7 Å². The van der Waals surface area contributed by atoms with Crippen LogP contribution in [-0.4, -0.2) is 48.4 Å². The Morgan fingerprint density at radius 2 is 2.07 bits per heavy atom. The molecule has 1 aliphatic heterocycles. The summed E-state index contributed by atoms with van der Waals surface area (Å²) in [6.45, 7) is 0.995. The third-order valence-electron chi connectivity index (χ3n) is 5.82. The van der Waals surface area contributed by atoms with Gasteiger partial charge in [-0.15, -0.1) is 5.10 Å². The molecule has 1 saturated carbocycles. The molecule has 4 heterocycles. The molecule has 8 heteroatoms. The average molecular weight is 367 g/mol. The highest BCUT2D eigenvalue weighted by Gasteiger charge is 2.27. The fourth-order valence-corrected chi connectivity index (χ4v) is 4.35. The van der Waals surface area contributed by atoms with E-state index in [0.29, 0.717) is 12.0 Å². The van der Waals surface area contributed by atoms with Crippen molar-refractivity contribution in [2.75, 3.05) is 23.4 Å². The minimum Gasteiger partial charge on any atom is -0.394 e. The van der Waals surface area contributed by atoms with Gasteiger partial charge in [0.05, 0.1) is 19.0 Å². The van der Waals surface area contributed by atoms with Crippen LogP contribution in [0, 0.1) is 0 Å². The van der Waals surface area contributed by atoms with Crippen molar-refractivity contribution < 1.29 is 5.11 Å². The monoisotopic (exact) mass is 367 g/mol. The van der Waals surface area contributed by atoms with Crippen LogP contribution in [0.25, 0.3) is 5.52 Å². The molecule has 1 saturated heterocycles. The predicted molar refractivity (Wildman–Crippen MR) is 103 cm³/mol. The second kappa shape index (κ2) is 6.84. The topological polar surface area (TPSA) is 83.5 Å². The summed E-state index contributed by atoms with van der Waals surface area (Å²) in [6, 6.07) is 4.61. The minimum absolute atomic E-state index is 0.0902. The number of aliphatic hydroxyl groups excluding tert-OH is 1. The number of aliphatic hydroxyl groups is 1. The number of fused-ring (bicyclic) bond motifs is 1. The van der Waals surface area contributed by atoms with Gasteiger partial charge in [-0.1, -0.05) is 12.8 Å². The number of aromatic nitrogens is 5.